The molecular weight excluding hydrogens is 224 g/mol. The van der Waals surface area contributed by atoms with Crippen molar-refractivity contribution in [2.45, 2.75) is 13.1 Å². The van der Waals surface area contributed by atoms with Crippen molar-refractivity contribution in [3.05, 3.63) is 48.0 Å². The smallest absolute Gasteiger partial charge is 0.0945 e. The Morgan fingerprint density at radius 2 is 1.89 bits per heavy atom. The van der Waals surface area contributed by atoms with Gasteiger partial charge in [0.15, 0.2) is 0 Å². The van der Waals surface area contributed by atoms with Crippen molar-refractivity contribution in [2.24, 2.45) is 7.05 Å². The molecule has 0 fully saturated rings. The first-order valence-electron chi connectivity index (χ1n) is 6.09. The molecule has 1 N–H and O–H groups in total. The number of rotatable bonds is 5. The molecule has 0 saturated carbocycles. The molecule has 18 heavy (non-hydrogen) atoms. The van der Waals surface area contributed by atoms with E-state index in [1.54, 1.807) is 0 Å². The Balaban J connectivity index is 1.85. The van der Waals surface area contributed by atoms with E-state index in [0.717, 1.165) is 13.1 Å². The Labute approximate surface area is 108 Å². The van der Waals surface area contributed by atoms with Crippen LogP contribution in [0.4, 0.5) is 5.69 Å². The van der Waals surface area contributed by atoms with Crippen molar-refractivity contribution in [3.63, 3.8) is 0 Å². The van der Waals surface area contributed by atoms with Gasteiger partial charge in [-0.25, -0.2) is 4.98 Å². The summed E-state index contributed by atoms with van der Waals surface area (Å²) in [4.78, 5) is 6.20. The van der Waals surface area contributed by atoms with E-state index in [9.17, 15) is 0 Å². The van der Waals surface area contributed by atoms with Crippen LogP contribution in [0.5, 0.6) is 0 Å². The monoisotopic (exact) mass is 244 g/mol. The molecule has 0 spiro atoms. The predicted octanol–water partition coefficient (Wildman–Crippen LogP) is 1.78. The third-order valence-electron chi connectivity index (χ3n) is 3.00. The van der Waals surface area contributed by atoms with Gasteiger partial charge in [-0.3, -0.25) is 0 Å². The number of hydrogen-bond acceptors (Lipinski definition) is 3. The first kappa shape index (κ1) is 12.6. The Bertz CT molecular complexity index is 485. The molecular formula is C14H20N4. The van der Waals surface area contributed by atoms with Crippen LogP contribution in [0.3, 0.4) is 0 Å². The summed E-state index contributed by atoms with van der Waals surface area (Å²) in [6.45, 7) is 1.71. The van der Waals surface area contributed by atoms with Crippen LogP contribution >= 0.6 is 0 Å². The molecule has 1 heterocycles. The van der Waals surface area contributed by atoms with Crippen molar-refractivity contribution in [2.75, 3.05) is 19.0 Å². The van der Waals surface area contributed by atoms with Crippen LogP contribution in [0.2, 0.25) is 0 Å². The summed E-state index contributed by atoms with van der Waals surface area (Å²) in [5, 5.41) is 3.42. The lowest BCUT2D eigenvalue weighted by Crippen LogP contribution is -2.15. The Kier molecular flexibility index (Phi) is 3.99. The zero-order valence-electron chi connectivity index (χ0n) is 11.2. The number of benzene rings is 1. The van der Waals surface area contributed by atoms with Crippen LogP contribution in [0, 0.1) is 0 Å². The highest BCUT2D eigenvalue weighted by atomic mass is 15.1. The van der Waals surface area contributed by atoms with E-state index in [1.807, 2.05) is 24.1 Å². The summed E-state index contributed by atoms with van der Waals surface area (Å²) in [7, 11) is 6.11. The maximum atomic E-state index is 4.10. The number of anilines is 1. The van der Waals surface area contributed by atoms with Gasteiger partial charge in [-0.15, -0.1) is 0 Å². The number of aryl methyl sites for hydroxylation is 1. The second-order valence-electron chi connectivity index (χ2n) is 4.66. The van der Waals surface area contributed by atoms with Crippen molar-refractivity contribution < 1.29 is 0 Å². The first-order valence-corrected chi connectivity index (χ1v) is 6.09. The minimum atomic E-state index is 0.839. The van der Waals surface area contributed by atoms with Gasteiger partial charge in [-0.1, -0.05) is 12.1 Å². The van der Waals surface area contributed by atoms with E-state index in [-0.39, 0.29) is 0 Å². The second kappa shape index (κ2) is 5.69. The summed E-state index contributed by atoms with van der Waals surface area (Å²) < 4.78 is 2.03. The van der Waals surface area contributed by atoms with Crippen LogP contribution in [-0.2, 0) is 20.1 Å². The largest absolute Gasteiger partial charge is 0.378 e. The molecule has 2 aromatic rings. The fraction of sp³-hybridized carbons (Fsp3) is 0.357. The number of nitrogens with zero attached hydrogens (tertiary/aromatic N) is 3. The molecule has 1 aromatic heterocycles. The predicted molar refractivity (Wildman–Crippen MR) is 74.5 cm³/mol. The molecule has 0 unspecified atom stereocenters. The summed E-state index contributed by atoms with van der Waals surface area (Å²) in [5.74, 6) is 0. The van der Waals surface area contributed by atoms with Gasteiger partial charge >= 0.3 is 0 Å². The van der Waals surface area contributed by atoms with Crippen molar-refractivity contribution >= 4 is 5.69 Å². The minimum Gasteiger partial charge on any atom is -0.378 e. The molecule has 1 aromatic carbocycles. The standard InChI is InChI=1S/C14H20N4/c1-17(2)13-6-4-12(5-7-13)8-15-9-14-10-16-11-18(14)3/h4-7,10-11,15H,8-9H2,1-3H3. The van der Waals surface area contributed by atoms with Gasteiger partial charge in [-0.05, 0) is 17.7 Å². The summed E-state index contributed by atoms with van der Waals surface area (Å²) in [6, 6.07) is 8.60. The van der Waals surface area contributed by atoms with Gasteiger partial charge in [0.05, 0.1) is 12.0 Å². The van der Waals surface area contributed by atoms with Crippen molar-refractivity contribution in [1.29, 1.82) is 0 Å². The summed E-state index contributed by atoms with van der Waals surface area (Å²) in [6.07, 6.45) is 3.71. The lowest BCUT2D eigenvalue weighted by Gasteiger charge is -2.13. The second-order valence-corrected chi connectivity index (χ2v) is 4.66. The van der Waals surface area contributed by atoms with Crippen LogP contribution in [0.1, 0.15) is 11.3 Å². The molecule has 0 saturated heterocycles. The van der Waals surface area contributed by atoms with Crippen LogP contribution in [0.15, 0.2) is 36.8 Å². The van der Waals surface area contributed by atoms with Gasteiger partial charge in [0.1, 0.15) is 0 Å². The molecule has 0 amide bonds. The van der Waals surface area contributed by atoms with Crippen molar-refractivity contribution in [1.82, 2.24) is 14.9 Å². The normalized spacial score (nSPS) is 10.6. The number of aromatic nitrogens is 2. The Hall–Kier alpha value is -1.81. The van der Waals surface area contributed by atoms with Gasteiger partial charge < -0.3 is 14.8 Å². The molecule has 4 heteroatoms. The molecule has 96 valence electrons. The first-order chi connectivity index (χ1) is 8.66. The molecule has 0 aliphatic carbocycles. The van der Waals surface area contributed by atoms with Crippen molar-refractivity contribution in [3.8, 4) is 0 Å². The molecule has 0 radical (unpaired) electrons. The van der Waals surface area contributed by atoms with Gasteiger partial charge in [0, 0.05) is 46.1 Å². The molecule has 0 aliphatic heterocycles. The molecule has 0 atom stereocenters. The van der Waals surface area contributed by atoms with E-state index in [4.69, 9.17) is 0 Å². The lowest BCUT2D eigenvalue weighted by molar-refractivity contribution is 0.655. The molecule has 0 bridgehead atoms. The van der Waals surface area contributed by atoms with Gasteiger partial charge in [0.2, 0.25) is 0 Å². The van der Waals surface area contributed by atoms with E-state index < -0.39 is 0 Å². The van der Waals surface area contributed by atoms with E-state index in [2.05, 4.69) is 53.6 Å². The topological polar surface area (TPSA) is 33.1 Å². The van der Waals surface area contributed by atoms with E-state index in [1.165, 1.54) is 16.9 Å². The highest BCUT2D eigenvalue weighted by Crippen LogP contribution is 2.12. The average Bonchev–Trinajstić information content (AvgIpc) is 2.76. The number of imidazole rings is 1. The molecule has 0 aliphatic rings. The number of hydrogen-bond donors (Lipinski definition) is 1. The maximum absolute atomic E-state index is 4.10. The molecule has 2 rings (SSSR count). The fourth-order valence-corrected chi connectivity index (χ4v) is 1.80. The van der Waals surface area contributed by atoms with Crippen LogP contribution in [-0.4, -0.2) is 23.6 Å². The minimum absolute atomic E-state index is 0.839. The average molecular weight is 244 g/mol. The SMILES string of the molecule is CN(C)c1ccc(CNCc2cncn2C)cc1. The highest BCUT2D eigenvalue weighted by Gasteiger charge is 1.99. The van der Waals surface area contributed by atoms with Gasteiger partial charge in [-0.2, -0.15) is 0 Å². The lowest BCUT2D eigenvalue weighted by atomic mass is 10.2. The summed E-state index contributed by atoms with van der Waals surface area (Å²) >= 11 is 0. The quantitative estimate of drug-likeness (QED) is 0.870. The molecule has 4 nitrogen and oxygen atoms in total. The third-order valence-corrected chi connectivity index (χ3v) is 3.00. The Morgan fingerprint density at radius 3 is 2.44 bits per heavy atom. The zero-order valence-corrected chi connectivity index (χ0v) is 11.2. The zero-order chi connectivity index (χ0) is 13.0. The highest BCUT2D eigenvalue weighted by molar-refractivity contribution is 5.45. The van der Waals surface area contributed by atoms with Crippen LogP contribution < -0.4 is 10.2 Å². The number of nitrogens with one attached hydrogen (secondary N) is 1. The van der Waals surface area contributed by atoms with E-state index in [0.29, 0.717) is 0 Å². The van der Waals surface area contributed by atoms with E-state index >= 15 is 0 Å². The third kappa shape index (κ3) is 3.11. The Morgan fingerprint density at radius 1 is 1.17 bits per heavy atom. The fourth-order valence-electron chi connectivity index (χ4n) is 1.80. The summed E-state index contributed by atoms with van der Waals surface area (Å²) in [5.41, 5.74) is 3.72. The van der Waals surface area contributed by atoms with Gasteiger partial charge in [0.25, 0.3) is 0 Å². The van der Waals surface area contributed by atoms with Crippen LogP contribution in [0.25, 0.3) is 0 Å². The maximum Gasteiger partial charge on any atom is 0.0945 e.